The van der Waals surface area contributed by atoms with Crippen LogP contribution in [0.2, 0.25) is 0 Å². The first kappa shape index (κ1) is 13.9. The summed E-state index contributed by atoms with van der Waals surface area (Å²) < 4.78 is 0. The first-order chi connectivity index (χ1) is 6.97. The van der Waals surface area contributed by atoms with Crippen LogP contribution in [-0.2, 0) is 9.59 Å². The van der Waals surface area contributed by atoms with Gasteiger partial charge in [-0.25, -0.2) is 0 Å². The number of carbonyl (C=O) groups is 2. The zero-order valence-corrected chi connectivity index (χ0v) is 9.62. The molecule has 2 amide bonds. The number of amides is 2. The van der Waals surface area contributed by atoms with Crippen molar-refractivity contribution < 1.29 is 14.7 Å². The van der Waals surface area contributed by atoms with Crippen LogP contribution >= 0.6 is 0 Å². The number of hydrogen-bond donors (Lipinski definition) is 2. The van der Waals surface area contributed by atoms with Crippen molar-refractivity contribution in [2.75, 3.05) is 20.1 Å². The van der Waals surface area contributed by atoms with Gasteiger partial charge in [0.25, 0.3) is 0 Å². The van der Waals surface area contributed by atoms with E-state index in [4.69, 9.17) is 0 Å². The molecule has 0 saturated carbocycles. The fraction of sp³-hybridized carbons (Fsp3) is 0.800. The van der Waals surface area contributed by atoms with E-state index >= 15 is 0 Å². The van der Waals surface area contributed by atoms with Gasteiger partial charge in [0.15, 0.2) is 0 Å². The molecule has 0 bridgehead atoms. The third kappa shape index (κ3) is 6.90. The van der Waals surface area contributed by atoms with Gasteiger partial charge in [-0.1, -0.05) is 13.3 Å². The molecule has 0 rings (SSSR count). The highest BCUT2D eigenvalue weighted by Gasteiger charge is 2.10. The monoisotopic (exact) mass is 216 g/mol. The molecule has 0 aromatic rings. The van der Waals surface area contributed by atoms with Crippen molar-refractivity contribution in [3.63, 3.8) is 0 Å². The normalized spacial score (nSPS) is 12.0. The SMILES string of the molecule is CCCC(O)CNC(=O)CN(C)C(C)=O. The van der Waals surface area contributed by atoms with Gasteiger partial charge in [0.2, 0.25) is 11.8 Å². The zero-order chi connectivity index (χ0) is 11.8. The highest BCUT2D eigenvalue weighted by molar-refractivity contribution is 5.83. The summed E-state index contributed by atoms with van der Waals surface area (Å²) in [6.45, 7) is 3.65. The summed E-state index contributed by atoms with van der Waals surface area (Å²) in [7, 11) is 1.56. The maximum Gasteiger partial charge on any atom is 0.239 e. The largest absolute Gasteiger partial charge is 0.391 e. The zero-order valence-electron chi connectivity index (χ0n) is 9.62. The molecule has 1 unspecified atom stereocenters. The van der Waals surface area contributed by atoms with Crippen molar-refractivity contribution in [2.45, 2.75) is 32.8 Å². The predicted octanol–water partition coefficient (Wildman–Crippen LogP) is -0.258. The van der Waals surface area contributed by atoms with E-state index in [0.717, 1.165) is 6.42 Å². The van der Waals surface area contributed by atoms with Crippen LogP contribution in [0.25, 0.3) is 0 Å². The topological polar surface area (TPSA) is 69.6 Å². The summed E-state index contributed by atoms with van der Waals surface area (Å²) in [4.78, 5) is 23.4. The molecule has 1 atom stereocenters. The Labute approximate surface area is 90.5 Å². The Morgan fingerprint density at radius 2 is 2.07 bits per heavy atom. The van der Waals surface area contributed by atoms with E-state index in [0.29, 0.717) is 6.42 Å². The van der Waals surface area contributed by atoms with Gasteiger partial charge in [-0.05, 0) is 6.42 Å². The van der Waals surface area contributed by atoms with Crippen LogP contribution in [0.15, 0.2) is 0 Å². The Hall–Kier alpha value is -1.10. The van der Waals surface area contributed by atoms with E-state index in [-0.39, 0.29) is 24.9 Å². The third-order valence-corrected chi connectivity index (χ3v) is 2.08. The maximum atomic E-state index is 11.3. The van der Waals surface area contributed by atoms with Crippen molar-refractivity contribution in [3.05, 3.63) is 0 Å². The average molecular weight is 216 g/mol. The summed E-state index contributed by atoms with van der Waals surface area (Å²) in [5.74, 6) is -0.401. The molecule has 0 spiro atoms. The second-order valence-corrected chi connectivity index (χ2v) is 3.62. The Kier molecular flexibility index (Phi) is 6.70. The van der Waals surface area contributed by atoms with E-state index in [9.17, 15) is 14.7 Å². The number of rotatable bonds is 6. The lowest BCUT2D eigenvalue weighted by molar-refractivity contribution is -0.133. The minimum atomic E-state index is -0.499. The molecule has 0 fully saturated rings. The second-order valence-electron chi connectivity index (χ2n) is 3.62. The lowest BCUT2D eigenvalue weighted by Crippen LogP contribution is -2.40. The van der Waals surface area contributed by atoms with Gasteiger partial charge >= 0.3 is 0 Å². The number of likely N-dealkylation sites (N-methyl/N-ethyl adjacent to an activating group) is 1. The summed E-state index contributed by atoms with van der Waals surface area (Å²) >= 11 is 0. The molecule has 0 heterocycles. The molecular formula is C10H20N2O3. The molecule has 5 heteroatoms. The number of aliphatic hydroxyl groups excluding tert-OH is 1. The average Bonchev–Trinajstić information content (AvgIpc) is 2.15. The molecule has 0 aliphatic rings. The summed E-state index contributed by atoms with van der Waals surface area (Å²) in [6.07, 6.45) is 1.05. The molecular weight excluding hydrogens is 196 g/mol. The minimum Gasteiger partial charge on any atom is -0.391 e. The molecule has 2 N–H and O–H groups in total. The predicted molar refractivity (Wildman–Crippen MR) is 57.2 cm³/mol. The molecule has 88 valence electrons. The quantitative estimate of drug-likeness (QED) is 0.643. The fourth-order valence-corrected chi connectivity index (χ4v) is 1.05. The molecule has 0 saturated heterocycles. The molecule has 0 aliphatic heterocycles. The Morgan fingerprint density at radius 1 is 1.47 bits per heavy atom. The first-order valence-corrected chi connectivity index (χ1v) is 5.13. The Morgan fingerprint density at radius 3 is 2.53 bits per heavy atom. The molecule has 0 aliphatic carbocycles. The maximum absolute atomic E-state index is 11.3. The highest BCUT2D eigenvalue weighted by atomic mass is 16.3. The van der Waals surface area contributed by atoms with Crippen LogP contribution < -0.4 is 5.32 Å². The van der Waals surface area contributed by atoms with E-state index in [2.05, 4.69) is 5.32 Å². The second kappa shape index (κ2) is 7.23. The summed E-state index contributed by atoms with van der Waals surface area (Å²) in [5.41, 5.74) is 0. The number of nitrogens with one attached hydrogen (secondary N) is 1. The smallest absolute Gasteiger partial charge is 0.239 e. The molecule has 15 heavy (non-hydrogen) atoms. The van der Waals surface area contributed by atoms with Gasteiger partial charge in [-0.2, -0.15) is 0 Å². The molecule has 0 radical (unpaired) electrons. The first-order valence-electron chi connectivity index (χ1n) is 5.13. The minimum absolute atomic E-state index is 0.0359. The van der Waals surface area contributed by atoms with Crippen molar-refractivity contribution in [2.24, 2.45) is 0 Å². The Bertz CT molecular complexity index is 219. The number of carbonyl (C=O) groups excluding carboxylic acids is 2. The van der Waals surface area contributed by atoms with Gasteiger partial charge in [-0.3, -0.25) is 9.59 Å². The number of aliphatic hydroxyl groups is 1. The van der Waals surface area contributed by atoms with Crippen LogP contribution in [0.3, 0.4) is 0 Å². The summed E-state index contributed by atoms with van der Waals surface area (Å²) in [6, 6.07) is 0. The van der Waals surface area contributed by atoms with Gasteiger partial charge < -0.3 is 15.3 Å². The lowest BCUT2D eigenvalue weighted by atomic mass is 10.2. The van der Waals surface area contributed by atoms with Crippen LogP contribution in [0.5, 0.6) is 0 Å². The van der Waals surface area contributed by atoms with Gasteiger partial charge in [0.1, 0.15) is 0 Å². The number of hydrogen-bond acceptors (Lipinski definition) is 3. The summed E-state index contributed by atoms with van der Waals surface area (Å²) in [5, 5.41) is 11.9. The van der Waals surface area contributed by atoms with Crippen molar-refractivity contribution in [1.29, 1.82) is 0 Å². The van der Waals surface area contributed by atoms with E-state index in [1.165, 1.54) is 11.8 Å². The van der Waals surface area contributed by atoms with Crippen LogP contribution in [0, 0.1) is 0 Å². The van der Waals surface area contributed by atoms with E-state index in [1.807, 2.05) is 6.92 Å². The van der Waals surface area contributed by atoms with Crippen molar-refractivity contribution in [1.82, 2.24) is 10.2 Å². The van der Waals surface area contributed by atoms with Crippen molar-refractivity contribution >= 4 is 11.8 Å². The molecule has 0 aromatic carbocycles. The highest BCUT2D eigenvalue weighted by Crippen LogP contribution is 1.93. The van der Waals surface area contributed by atoms with Gasteiger partial charge in [0.05, 0.1) is 12.6 Å². The van der Waals surface area contributed by atoms with E-state index < -0.39 is 6.10 Å². The lowest BCUT2D eigenvalue weighted by Gasteiger charge is -2.15. The molecule has 0 aromatic heterocycles. The standard InChI is InChI=1S/C10H20N2O3/c1-4-5-9(14)6-11-10(15)7-12(3)8(2)13/h9,14H,4-7H2,1-3H3,(H,11,15). The fourth-order valence-electron chi connectivity index (χ4n) is 1.05. The number of nitrogens with zero attached hydrogens (tertiary/aromatic N) is 1. The van der Waals surface area contributed by atoms with Crippen LogP contribution in [0.1, 0.15) is 26.7 Å². The van der Waals surface area contributed by atoms with Crippen LogP contribution in [-0.4, -0.2) is 48.1 Å². The third-order valence-electron chi connectivity index (χ3n) is 2.08. The molecule has 5 nitrogen and oxygen atoms in total. The Balaban J connectivity index is 3.70. The van der Waals surface area contributed by atoms with Gasteiger partial charge in [-0.15, -0.1) is 0 Å². The van der Waals surface area contributed by atoms with Gasteiger partial charge in [0, 0.05) is 20.5 Å². The van der Waals surface area contributed by atoms with Crippen molar-refractivity contribution in [3.8, 4) is 0 Å². The van der Waals surface area contributed by atoms with E-state index in [1.54, 1.807) is 7.05 Å². The van der Waals surface area contributed by atoms with Crippen LogP contribution in [0.4, 0.5) is 0 Å².